The molecule has 3 aromatic carbocycles. The number of esters is 2. The molecule has 1 aliphatic carbocycles. The summed E-state index contributed by atoms with van der Waals surface area (Å²) in [4.78, 5) is 83.1. The number of alkyl carbamates (subject to hydrolysis) is 1. The fourth-order valence-corrected chi connectivity index (χ4v) is 7.35. The number of benzene rings is 3. The molecule has 0 radical (unpaired) electrons. The van der Waals surface area contributed by atoms with Crippen LogP contribution in [-0.2, 0) is 46.4 Å². The van der Waals surface area contributed by atoms with Crippen molar-refractivity contribution in [1.82, 2.24) is 20.9 Å². The molecule has 5 rings (SSSR count). The van der Waals surface area contributed by atoms with Crippen molar-refractivity contribution in [3.63, 3.8) is 0 Å². The van der Waals surface area contributed by atoms with E-state index in [2.05, 4.69) is 16.0 Å². The summed E-state index contributed by atoms with van der Waals surface area (Å²) in [7, 11) is 0. The second kappa shape index (κ2) is 20.6. The topological polar surface area (TPSA) is 169 Å². The average molecular weight is 797 g/mol. The molecule has 0 unspecified atom stereocenters. The average Bonchev–Trinajstić information content (AvgIpc) is 3.90. The van der Waals surface area contributed by atoms with Crippen molar-refractivity contribution in [1.29, 1.82) is 0 Å². The molecule has 3 aromatic rings. The van der Waals surface area contributed by atoms with Crippen molar-refractivity contribution < 1.29 is 43.0 Å². The van der Waals surface area contributed by atoms with Gasteiger partial charge in [-0.25, -0.2) is 14.4 Å². The van der Waals surface area contributed by atoms with E-state index in [1.54, 1.807) is 51.1 Å². The summed E-state index contributed by atoms with van der Waals surface area (Å²) in [6.45, 7) is 5.66. The van der Waals surface area contributed by atoms with Crippen LogP contribution in [0.4, 0.5) is 4.79 Å². The van der Waals surface area contributed by atoms with Gasteiger partial charge >= 0.3 is 18.0 Å². The van der Waals surface area contributed by atoms with E-state index < -0.39 is 65.0 Å². The van der Waals surface area contributed by atoms with E-state index in [1.165, 1.54) is 4.90 Å². The molecule has 1 saturated carbocycles. The first-order chi connectivity index (χ1) is 27.8. The van der Waals surface area contributed by atoms with Gasteiger partial charge in [0.05, 0.1) is 12.2 Å². The standard InChI is InChI=1S/C45H56N4O9/c1-44(2,3)58-43(55)47-35(24-13-16-29-56-40(52)34-22-11-6-12-23-34)38(50)48-45(26-14-15-27-45)42(54)46-36(30-32-18-7-4-8-19-32)39(51)49-28-17-25-37(49)41(53)57-31-33-20-9-5-10-21-33/h4-12,18-23,35-37H,13-17,24-31H2,1-3H3,(H,46,54)(H,47,55)(H,48,50)/t35-,36-,37+/m0/s1. The van der Waals surface area contributed by atoms with Gasteiger partial charge in [-0.05, 0) is 89.0 Å². The molecule has 2 fully saturated rings. The van der Waals surface area contributed by atoms with Crippen LogP contribution in [0, 0.1) is 0 Å². The highest BCUT2D eigenvalue weighted by Gasteiger charge is 2.46. The van der Waals surface area contributed by atoms with Crippen LogP contribution in [0.5, 0.6) is 0 Å². The van der Waals surface area contributed by atoms with Crippen LogP contribution in [0.25, 0.3) is 0 Å². The van der Waals surface area contributed by atoms with Gasteiger partial charge in [0.15, 0.2) is 0 Å². The lowest BCUT2D eigenvalue weighted by Crippen LogP contribution is -2.64. The predicted molar refractivity (Wildman–Crippen MR) is 216 cm³/mol. The number of unbranched alkanes of at least 4 members (excludes halogenated alkanes) is 1. The molecule has 58 heavy (non-hydrogen) atoms. The van der Waals surface area contributed by atoms with Gasteiger partial charge in [0, 0.05) is 13.0 Å². The van der Waals surface area contributed by atoms with E-state index in [-0.39, 0.29) is 26.1 Å². The van der Waals surface area contributed by atoms with Crippen molar-refractivity contribution in [2.24, 2.45) is 0 Å². The first-order valence-electron chi connectivity index (χ1n) is 20.2. The molecule has 13 nitrogen and oxygen atoms in total. The smallest absolute Gasteiger partial charge is 0.408 e. The lowest BCUT2D eigenvalue weighted by molar-refractivity contribution is -0.155. The largest absolute Gasteiger partial charge is 0.462 e. The summed E-state index contributed by atoms with van der Waals surface area (Å²) >= 11 is 0. The number of nitrogens with zero attached hydrogens (tertiary/aromatic N) is 1. The highest BCUT2D eigenvalue weighted by Crippen LogP contribution is 2.31. The Kier molecular flexibility index (Phi) is 15.4. The zero-order valence-electron chi connectivity index (χ0n) is 33.7. The highest BCUT2D eigenvalue weighted by atomic mass is 16.6. The summed E-state index contributed by atoms with van der Waals surface area (Å²) in [5.41, 5.74) is -0.108. The predicted octanol–water partition coefficient (Wildman–Crippen LogP) is 5.80. The van der Waals surface area contributed by atoms with Crippen LogP contribution >= 0.6 is 0 Å². The Morgan fingerprint density at radius 1 is 0.759 bits per heavy atom. The number of likely N-dealkylation sites (tertiary alicyclic amines) is 1. The van der Waals surface area contributed by atoms with Crippen molar-refractivity contribution in [2.75, 3.05) is 13.2 Å². The van der Waals surface area contributed by atoms with Gasteiger partial charge in [0.1, 0.15) is 35.9 Å². The monoisotopic (exact) mass is 796 g/mol. The Balaban J connectivity index is 1.28. The first kappa shape index (κ1) is 43.4. The normalized spacial score (nSPS) is 17.0. The van der Waals surface area contributed by atoms with E-state index in [4.69, 9.17) is 14.2 Å². The maximum Gasteiger partial charge on any atom is 0.408 e. The number of rotatable bonds is 17. The number of carbonyl (C=O) groups is 6. The minimum atomic E-state index is -1.36. The second-order valence-corrected chi connectivity index (χ2v) is 16.0. The van der Waals surface area contributed by atoms with Gasteiger partial charge in [-0.1, -0.05) is 91.7 Å². The number of hydrogen-bond acceptors (Lipinski definition) is 9. The van der Waals surface area contributed by atoms with Gasteiger partial charge in [-0.3, -0.25) is 14.4 Å². The van der Waals surface area contributed by atoms with Crippen LogP contribution < -0.4 is 16.0 Å². The fourth-order valence-electron chi connectivity index (χ4n) is 7.35. The van der Waals surface area contributed by atoms with Gasteiger partial charge < -0.3 is 35.1 Å². The minimum absolute atomic E-state index is 0.0795. The highest BCUT2D eigenvalue weighted by molar-refractivity contribution is 5.97. The molecule has 1 aliphatic heterocycles. The Labute approximate surface area is 340 Å². The van der Waals surface area contributed by atoms with Crippen molar-refractivity contribution >= 4 is 35.8 Å². The molecule has 3 N–H and O–H groups in total. The van der Waals surface area contributed by atoms with Gasteiger partial charge in [0.2, 0.25) is 17.7 Å². The van der Waals surface area contributed by atoms with Crippen LogP contribution in [0.15, 0.2) is 91.0 Å². The molecule has 2 aliphatic rings. The lowest BCUT2D eigenvalue weighted by Gasteiger charge is -2.34. The Hall–Kier alpha value is -5.72. The maximum atomic E-state index is 14.5. The van der Waals surface area contributed by atoms with Gasteiger partial charge in [-0.2, -0.15) is 0 Å². The molecule has 310 valence electrons. The third-order valence-electron chi connectivity index (χ3n) is 10.3. The van der Waals surface area contributed by atoms with Crippen LogP contribution in [0.2, 0.25) is 0 Å². The summed E-state index contributed by atoms with van der Waals surface area (Å²) in [5.74, 6) is -2.46. The maximum absolute atomic E-state index is 14.5. The molecule has 3 atom stereocenters. The summed E-state index contributed by atoms with van der Waals surface area (Å²) < 4.78 is 16.5. The summed E-state index contributed by atoms with van der Waals surface area (Å²) in [6, 6.07) is 24.3. The first-order valence-corrected chi connectivity index (χ1v) is 20.2. The molecule has 4 amide bonds. The van der Waals surface area contributed by atoms with Crippen molar-refractivity contribution in [3.8, 4) is 0 Å². The Morgan fingerprint density at radius 3 is 2.02 bits per heavy atom. The van der Waals surface area contributed by atoms with Crippen LogP contribution in [0.3, 0.4) is 0 Å². The number of ether oxygens (including phenoxy) is 3. The number of nitrogens with one attached hydrogen (secondary N) is 3. The van der Waals surface area contributed by atoms with E-state index in [1.807, 2.05) is 60.7 Å². The summed E-state index contributed by atoms with van der Waals surface area (Å²) in [5, 5.41) is 8.63. The fraction of sp³-hybridized carbons (Fsp3) is 0.467. The van der Waals surface area contributed by atoms with E-state index >= 15 is 0 Å². The third kappa shape index (κ3) is 12.6. The Bertz CT molecular complexity index is 1840. The van der Waals surface area contributed by atoms with Crippen molar-refractivity contribution in [2.45, 2.75) is 121 Å². The van der Waals surface area contributed by atoms with Crippen molar-refractivity contribution in [3.05, 3.63) is 108 Å². The lowest BCUT2D eigenvalue weighted by atomic mass is 9.93. The molecule has 13 heteroatoms. The van der Waals surface area contributed by atoms with Gasteiger partial charge in [-0.15, -0.1) is 0 Å². The van der Waals surface area contributed by atoms with E-state index in [0.29, 0.717) is 63.5 Å². The molecule has 0 bridgehead atoms. The SMILES string of the molecule is CC(C)(C)OC(=O)N[C@@H](CCCCOC(=O)c1ccccc1)C(=O)NC1(C(=O)N[C@@H](Cc2ccccc2)C(=O)N2CCC[C@@H]2C(=O)OCc2ccccc2)CCCC1. The second-order valence-electron chi connectivity index (χ2n) is 16.0. The van der Waals surface area contributed by atoms with Crippen LogP contribution in [-0.4, -0.2) is 83.1 Å². The minimum Gasteiger partial charge on any atom is -0.462 e. The molecular formula is C45H56N4O9. The van der Waals surface area contributed by atoms with E-state index in [9.17, 15) is 28.8 Å². The quantitative estimate of drug-likeness (QED) is 0.0869. The van der Waals surface area contributed by atoms with E-state index in [0.717, 1.165) is 11.1 Å². The zero-order valence-corrected chi connectivity index (χ0v) is 33.7. The van der Waals surface area contributed by atoms with Gasteiger partial charge in [0.25, 0.3) is 0 Å². The molecule has 0 aromatic heterocycles. The number of amides is 4. The Morgan fingerprint density at radius 2 is 1.38 bits per heavy atom. The third-order valence-corrected chi connectivity index (χ3v) is 10.3. The molecule has 0 spiro atoms. The number of carbonyl (C=O) groups excluding carboxylic acids is 6. The number of hydrogen-bond donors (Lipinski definition) is 3. The molecular weight excluding hydrogens is 741 g/mol. The van der Waals surface area contributed by atoms with Crippen LogP contribution in [0.1, 0.15) is 100 Å². The summed E-state index contributed by atoms with van der Waals surface area (Å²) in [6.07, 6.45) is 3.38. The molecule has 1 heterocycles. The zero-order chi connectivity index (χ0) is 41.5. The molecule has 1 saturated heterocycles.